The second kappa shape index (κ2) is 9.53. The topological polar surface area (TPSA) is 137 Å². The number of methoxy groups -OCH3 is 2. The van der Waals surface area contributed by atoms with Crippen molar-refractivity contribution in [1.82, 2.24) is 30.1 Å². The Morgan fingerprint density at radius 2 is 1.90 bits per heavy atom. The molecule has 10 nitrogen and oxygen atoms in total. The van der Waals surface area contributed by atoms with Crippen LogP contribution in [0.2, 0.25) is 0 Å². The summed E-state index contributed by atoms with van der Waals surface area (Å²) in [7, 11) is 2.54. The molecule has 0 aliphatic carbocycles. The van der Waals surface area contributed by atoms with Crippen molar-refractivity contribution in [1.29, 1.82) is 0 Å². The van der Waals surface area contributed by atoms with Gasteiger partial charge < -0.3 is 20.5 Å². The molecule has 0 spiro atoms. The Labute approximate surface area is 218 Å². The summed E-state index contributed by atoms with van der Waals surface area (Å²) >= 11 is 0. The van der Waals surface area contributed by atoms with E-state index in [0.717, 1.165) is 0 Å². The summed E-state index contributed by atoms with van der Waals surface area (Å²) in [4.78, 5) is 16.7. The van der Waals surface area contributed by atoms with Crippen LogP contribution in [0.4, 0.5) is 29.2 Å². The largest absolute Gasteiger partial charge is 0.480 e. The van der Waals surface area contributed by atoms with Crippen LogP contribution in [0, 0.1) is 12.7 Å². The van der Waals surface area contributed by atoms with Gasteiger partial charge in [0.1, 0.15) is 28.2 Å². The zero-order chi connectivity index (χ0) is 28.1. The average Bonchev–Trinajstić information content (AvgIpc) is 3.36. The summed E-state index contributed by atoms with van der Waals surface area (Å²) in [6.07, 6.45) is -2.10. The number of hydrogen-bond donors (Lipinski definition) is 3. The SMILES string of the molecule is COc1nc(NC(C)c2cccnc2N)c2c(OC)nc(-c3c(C(F)(F)F)c(C)cc4[nH]ncc34)c(F)c2n1. The molecule has 0 bridgehead atoms. The zero-order valence-electron chi connectivity index (χ0n) is 21.1. The highest BCUT2D eigenvalue weighted by atomic mass is 19.4. The summed E-state index contributed by atoms with van der Waals surface area (Å²) in [5, 5.41) is 9.63. The lowest BCUT2D eigenvalue weighted by atomic mass is 9.94. The Bertz CT molecular complexity index is 1720. The van der Waals surface area contributed by atoms with Crippen molar-refractivity contribution >= 4 is 33.4 Å². The molecular formula is C25H22F4N8O2. The van der Waals surface area contributed by atoms with Gasteiger partial charge in [0.25, 0.3) is 0 Å². The van der Waals surface area contributed by atoms with Crippen LogP contribution >= 0.6 is 0 Å². The van der Waals surface area contributed by atoms with Gasteiger partial charge in [0.05, 0.1) is 37.5 Å². The van der Waals surface area contributed by atoms with Crippen LogP contribution in [0.15, 0.2) is 30.6 Å². The highest BCUT2D eigenvalue weighted by molar-refractivity contribution is 6.01. The van der Waals surface area contributed by atoms with Gasteiger partial charge in [0.15, 0.2) is 5.82 Å². The third kappa shape index (κ3) is 4.36. The van der Waals surface area contributed by atoms with Crippen LogP contribution in [-0.4, -0.2) is 44.4 Å². The predicted molar refractivity (Wildman–Crippen MR) is 136 cm³/mol. The molecule has 1 atom stereocenters. The number of halogens is 4. The van der Waals surface area contributed by atoms with Gasteiger partial charge in [-0.3, -0.25) is 5.10 Å². The molecular weight excluding hydrogens is 520 g/mol. The number of alkyl halides is 3. The van der Waals surface area contributed by atoms with Crippen molar-refractivity contribution in [2.45, 2.75) is 26.1 Å². The number of fused-ring (bicyclic) bond motifs is 2. The van der Waals surface area contributed by atoms with Crippen LogP contribution in [0.5, 0.6) is 11.9 Å². The number of ether oxygens (including phenoxy) is 2. The number of pyridine rings is 2. The maximum absolute atomic E-state index is 16.3. The van der Waals surface area contributed by atoms with Crippen molar-refractivity contribution in [3.05, 3.63) is 53.1 Å². The number of benzene rings is 1. The minimum absolute atomic E-state index is 0.00138. The molecule has 1 unspecified atom stereocenters. The Hall–Kier alpha value is -4.75. The summed E-state index contributed by atoms with van der Waals surface area (Å²) in [6, 6.07) is 4.04. The van der Waals surface area contributed by atoms with E-state index in [4.69, 9.17) is 15.2 Å². The number of nitrogens with two attached hydrogens (primary N) is 1. The summed E-state index contributed by atoms with van der Waals surface area (Å²) in [5.74, 6) is -0.994. The van der Waals surface area contributed by atoms with Crippen molar-refractivity contribution in [2.24, 2.45) is 0 Å². The molecule has 1 aromatic carbocycles. The lowest BCUT2D eigenvalue weighted by Gasteiger charge is -2.20. The molecule has 202 valence electrons. The lowest BCUT2D eigenvalue weighted by Crippen LogP contribution is -2.14. The number of hydrogen-bond acceptors (Lipinski definition) is 9. The molecule has 0 aliphatic rings. The highest BCUT2D eigenvalue weighted by Gasteiger charge is 2.39. The smallest absolute Gasteiger partial charge is 0.417 e. The second-order valence-electron chi connectivity index (χ2n) is 8.68. The Morgan fingerprint density at radius 1 is 1.13 bits per heavy atom. The predicted octanol–water partition coefficient (Wildman–Crippen LogP) is 5.20. The van der Waals surface area contributed by atoms with E-state index in [9.17, 15) is 13.2 Å². The summed E-state index contributed by atoms with van der Waals surface area (Å²) in [5.41, 5.74) is 4.25. The normalized spacial score (nSPS) is 12.6. The minimum atomic E-state index is -4.82. The Balaban J connectivity index is 1.81. The molecule has 39 heavy (non-hydrogen) atoms. The van der Waals surface area contributed by atoms with E-state index >= 15 is 4.39 Å². The molecule has 0 aliphatic heterocycles. The number of anilines is 2. The molecule has 5 rings (SSSR count). The summed E-state index contributed by atoms with van der Waals surface area (Å²) in [6.45, 7) is 3.05. The molecule has 4 N–H and O–H groups in total. The van der Waals surface area contributed by atoms with E-state index in [0.29, 0.717) is 5.56 Å². The first kappa shape index (κ1) is 25.9. The maximum atomic E-state index is 16.3. The van der Waals surface area contributed by atoms with E-state index in [1.165, 1.54) is 39.6 Å². The van der Waals surface area contributed by atoms with Gasteiger partial charge in [0, 0.05) is 22.7 Å². The Morgan fingerprint density at radius 3 is 2.56 bits per heavy atom. The monoisotopic (exact) mass is 542 g/mol. The Kier molecular flexibility index (Phi) is 6.32. The highest BCUT2D eigenvalue weighted by Crippen LogP contribution is 2.45. The van der Waals surface area contributed by atoms with Crippen LogP contribution in [0.3, 0.4) is 0 Å². The standard InChI is InChI=1S/C25H22F4N8O2/c1-10-8-14-13(9-32-37-14)15(17(10)25(27,28)29)19-18(26)20-16(23(34-19)38-3)22(36-24(35-20)39-4)33-11(2)12-6-5-7-31-21(12)30/h5-9,11H,1-4H3,(H2,30,31)(H,32,37)(H,33,35,36). The van der Waals surface area contributed by atoms with Gasteiger partial charge in [0.2, 0.25) is 5.88 Å². The number of aromatic amines is 1. The van der Waals surface area contributed by atoms with Gasteiger partial charge in [-0.1, -0.05) is 6.07 Å². The van der Waals surface area contributed by atoms with Gasteiger partial charge in [-0.2, -0.15) is 28.2 Å². The van der Waals surface area contributed by atoms with Crippen molar-refractivity contribution < 1.29 is 27.0 Å². The number of H-pyrrole nitrogens is 1. The van der Waals surface area contributed by atoms with Crippen LogP contribution in [0.25, 0.3) is 33.1 Å². The first-order valence-corrected chi connectivity index (χ1v) is 11.6. The number of aryl methyl sites for hydroxylation is 1. The van der Waals surface area contributed by atoms with Crippen LogP contribution < -0.4 is 20.5 Å². The number of rotatable bonds is 6. The molecule has 4 aromatic heterocycles. The van der Waals surface area contributed by atoms with Gasteiger partial charge in [-0.25, -0.2) is 14.4 Å². The molecule has 5 aromatic rings. The lowest BCUT2D eigenvalue weighted by molar-refractivity contribution is -0.137. The minimum Gasteiger partial charge on any atom is -0.480 e. The number of nitrogens with one attached hydrogen (secondary N) is 2. The quantitative estimate of drug-likeness (QED) is 0.247. The van der Waals surface area contributed by atoms with Crippen molar-refractivity contribution in [3.8, 4) is 23.1 Å². The van der Waals surface area contributed by atoms with Gasteiger partial charge in [-0.05, 0) is 31.5 Å². The van der Waals surface area contributed by atoms with Crippen LogP contribution in [0.1, 0.15) is 29.7 Å². The van der Waals surface area contributed by atoms with Crippen molar-refractivity contribution in [2.75, 3.05) is 25.3 Å². The second-order valence-corrected chi connectivity index (χ2v) is 8.68. The third-order valence-electron chi connectivity index (χ3n) is 6.26. The van der Waals surface area contributed by atoms with Crippen LogP contribution in [-0.2, 0) is 6.18 Å². The number of aromatic nitrogens is 6. The maximum Gasteiger partial charge on any atom is 0.417 e. The molecule has 0 radical (unpaired) electrons. The number of nitrogens with zero attached hydrogens (tertiary/aromatic N) is 5. The molecule has 0 fully saturated rings. The molecule has 0 amide bonds. The van der Waals surface area contributed by atoms with E-state index in [1.807, 2.05) is 0 Å². The van der Waals surface area contributed by atoms with Crippen molar-refractivity contribution in [3.63, 3.8) is 0 Å². The number of nitrogen functional groups attached to an aromatic ring is 1. The summed E-state index contributed by atoms with van der Waals surface area (Å²) < 4.78 is 69.8. The zero-order valence-corrected chi connectivity index (χ0v) is 21.1. The molecule has 14 heteroatoms. The molecule has 0 saturated carbocycles. The molecule has 0 saturated heterocycles. The fourth-order valence-electron chi connectivity index (χ4n) is 4.55. The van der Waals surface area contributed by atoms with E-state index < -0.39 is 34.9 Å². The van der Waals surface area contributed by atoms with Gasteiger partial charge >= 0.3 is 12.2 Å². The van der Waals surface area contributed by atoms with E-state index in [-0.39, 0.29) is 50.9 Å². The fourth-order valence-corrected chi connectivity index (χ4v) is 4.55. The van der Waals surface area contributed by atoms with E-state index in [2.05, 4.69) is 35.5 Å². The third-order valence-corrected chi connectivity index (χ3v) is 6.26. The average molecular weight is 542 g/mol. The van der Waals surface area contributed by atoms with E-state index in [1.54, 1.807) is 19.1 Å². The molecule has 4 heterocycles. The fraction of sp³-hybridized carbons (Fsp3) is 0.240. The first-order valence-electron chi connectivity index (χ1n) is 11.6. The van der Waals surface area contributed by atoms with Gasteiger partial charge in [-0.15, -0.1) is 0 Å². The first-order chi connectivity index (χ1) is 18.5.